The Morgan fingerprint density at radius 1 is 1.00 bits per heavy atom. The highest BCUT2D eigenvalue weighted by Gasteiger charge is 2.15. The first-order valence-corrected chi connectivity index (χ1v) is 8.77. The lowest BCUT2D eigenvalue weighted by atomic mass is 10.2. The third-order valence-corrected chi connectivity index (χ3v) is 4.06. The quantitative estimate of drug-likeness (QED) is 0.695. The van der Waals surface area contributed by atoms with Crippen molar-refractivity contribution in [1.29, 1.82) is 0 Å². The Hall–Kier alpha value is -3.75. The number of aromatic nitrogens is 2. The number of amides is 1. The van der Waals surface area contributed by atoms with Crippen LogP contribution in [0.4, 0.5) is 26.0 Å². The Bertz CT molecular complexity index is 1090. The summed E-state index contributed by atoms with van der Waals surface area (Å²) in [6.07, 6.45) is 0. The zero-order valence-corrected chi connectivity index (χ0v) is 15.3. The van der Waals surface area contributed by atoms with E-state index >= 15 is 0 Å². The van der Waals surface area contributed by atoms with Gasteiger partial charge in [-0.3, -0.25) is 4.79 Å². The summed E-state index contributed by atoms with van der Waals surface area (Å²) in [5, 5.41) is 5.46. The van der Waals surface area contributed by atoms with Gasteiger partial charge in [-0.15, -0.1) is 0 Å². The molecule has 0 aliphatic carbocycles. The number of hydrogen-bond acceptors (Lipinski definition) is 6. The maximum Gasteiger partial charge on any atom is 0.274 e. The van der Waals surface area contributed by atoms with E-state index in [1.807, 2.05) is 0 Å². The van der Waals surface area contributed by atoms with Crippen LogP contribution in [-0.4, -0.2) is 29.1 Å². The highest BCUT2D eigenvalue weighted by molar-refractivity contribution is 6.03. The van der Waals surface area contributed by atoms with Crippen LogP contribution in [0.1, 0.15) is 16.3 Å². The predicted molar refractivity (Wildman–Crippen MR) is 102 cm³/mol. The second-order valence-electron chi connectivity index (χ2n) is 6.25. The van der Waals surface area contributed by atoms with Crippen molar-refractivity contribution in [2.24, 2.45) is 0 Å². The number of ether oxygens (including phenoxy) is 2. The fraction of sp³-hybridized carbons (Fsp3) is 0.150. The van der Waals surface area contributed by atoms with E-state index in [1.54, 1.807) is 25.1 Å². The smallest absolute Gasteiger partial charge is 0.274 e. The van der Waals surface area contributed by atoms with E-state index in [0.29, 0.717) is 36.2 Å². The lowest BCUT2D eigenvalue weighted by Gasteiger charge is -2.19. The van der Waals surface area contributed by atoms with Crippen LogP contribution in [0.3, 0.4) is 0 Å². The summed E-state index contributed by atoms with van der Waals surface area (Å²) in [6, 6.07) is 9.56. The lowest BCUT2D eigenvalue weighted by molar-refractivity contribution is 0.102. The molecular weight excluding hydrogens is 382 g/mol. The second kappa shape index (κ2) is 7.70. The Labute approximate surface area is 164 Å². The zero-order valence-electron chi connectivity index (χ0n) is 15.3. The number of carbonyl (C=O) groups excluding carboxylic acids is 1. The Kier molecular flexibility index (Phi) is 4.94. The predicted octanol–water partition coefficient (Wildman–Crippen LogP) is 3.83. The van der Waals surface area contributed by atoms with Gasteiger partial charge in [0, 0.05) is 23.9 Å². The van der Waals surface area contributed by atoms with Crippen molar-refractivity contribution in [3.8, 4) is 11.5 Å². The van der Waals surface area contributed by atoms with Crippen molar-refractivity contribution < 1.29 is 23.0 Å². The van der Waals surface area contributed by atoms with Crippen LogP contribution in [0.15, 0.2) is 42.5 Å². The summed E-state index contributed by atoms with van der Waals surface area (Å²) >= 11 is 0. The number of benzene rings is 2. The van der Waals surface area contributed by atoms with E-state index in [1.165, 1.54) is 12.1 Å². The molecule has 0 saturated heterocycles. The maximum absolute atomic E-state index is 13.9. The standard InChI is InChI=1S/C20H16F2N4O3/c1-11-23-16(10-19(24-11)26-15-4-2-12(21)8-14(15)22)20(27)25-13-3-5-17-18(9-13)29-7-6-28-17/h2-5,8-10H,6-7H2,1H3,(H,25,27)(H,23,24,26). The number of carbonyl (C=O) groups is 1. The first-order valence-electron chi connectivity index (χ1n) is 8.77. The van der Waals surface area contributed by atoms with E-state index in [0.717, 1.165) is 12.1 Å². The highest BCUT2D eigenvalue weighted by atomic mass is 19.1. The summed E-state index contributed by atoms with van der Waals surface area (Å²) in [5.74, 6) is -0.271. The second-order valence-corrected chi connectivity index (χ2v) is 6.25. The molecule has 1 aliphatic rings. The van der Waals surface area contributed by atoms with Gasteiger partial charge < -0.3 is 20.1 Å². The van der Waals surface area contributed by atoms with Gasteiger partial charge in [0.15, 0.2) is 11.5 Å². The minimum absolute atomic E-state index is 0.0303. The van der Waals surface area contributed by atoms with Gasteiger partial charge in [0.05, 0.1) is 5.69 Å². The molecule has 4 rings (SSSR count). The molecule has 2 N–H and O–H groups in total. The highest BCUT2D eigenvalue weighted by Crippen LogP contribution is 2.32. The Morgan fingerprint density at radius 2 is 1.79 bits per heavy atom. The number of rotatable bonds is 4. The van der Waals surface area contributed by atoms with Crippen LogP contribution in [0.5, 0.6) is 11.5 Å². The molecule has 2 aromatic carbocycles. The minimum Gasteiger partial charge on any atom is -0.486 e. The van der Waals surface area contributed by atoms with Crippen molar-refractivity contribution >= 4 is 23.1 Å². The lowest BCUT2D eigenvalue weighted by Crippen LogP contribution is -2.17. The van der Waals surface area contributed by atoms with Gasteiger partial charge in [-0.05, 0) is 31.2 Å². The molecule has 0 radical (unpaired) electrons. The number of aryl methyl sites for hydroxylation is 1. The molecule has 1 aliphatic heterocycles. The van der Waals surface area contributed by atoms with Crippen molar-refractivity contribution in [3.63, 3.8) is 0 Å². The van der Waals surface area contributed by atoms with Crippen molar-refractivity contribution in [1.82, 2.24) is 9.97 Å². The van der Waals surface area contributed by atoms with Gasteiger partial charge in [-0.2, -0.15) is 0 Å². The minimum atomic E-state index is -0.774. The number of nitrogens with zero attached hydrogens (tertiary/aromatic N) is 2. The van der Waals surface area contributed by atoms with Gasteiger partial charge >= 0.3 is 0 Å². The molecule has 148 valence electrons. The van der Waals surface area contributed by atoms with Crippen molar-refractivity contribution in [2.45, 2.75) is 6.92 Å². The normalized spacial score (nSPS) is 12.4. The van der Waals surface area contributed by atoms with E-state index in [-0.39, 0.29) is 17.2 Å². The molecule has 29 heavy (non-hydrogen) atoms. The van der Waals surface area contributed by atoms with Gasteiger partial charge in [-0.25, -0.2) is 18.7 Å². The number of nitrogens with one attached hydrogen (secondary N) is 2. The van der Waals surface area contributed by atoms with Crippen LogP contribution >= 0.6 is 0 Å². The average molecular weight is 398 g/mol. The first kappa shape index (κ1) is 18.6. The summed E-state index contributed by atoms with van der Waals surface area (Å²) in [5.41, 5.74) is 0.620. The van der Waals surface area contributed by atoms with E-state index in [4.69, 9.17) is 9.47 Å². The average Bonchev–Trinajstić information content (AvgIpc) is 2.69. The Morgan fingerprint density at radius 3 is 2.59 bits per heavy atom. The van der Waals surface area contributed by atoms with Crippen LogP contribution < -0.4 is 20.1 Å². The van der Waals surface area contributed by atoms with Gasteiger partial charge in [0.1, 0.15) is 42.2 Å². The molecule has 0 unspecified atom stereocenters. The molecule has 0 bridgehead atoms. The molecule has 9 heteroatoms. The first-order chi connectivity index (χ1) is 14.0. The molecule has 7 nitrogen and oxygen atoms in total. The fourth-order valence-corrected chi connectivity index (χ4v) is 2.79. The van der Waals surface area contributed by atoms with Gasteiger partial charge in [0.25, 0.3) is 5.91 Å². The van der Waals surface area contributed by atoms with Gasteiger partial charge in [-0.1, -0.05) is 0 Å². The van der Waals surface area contributed by atoms with Crippen LogP contribution in [0.2, 0.25) is 0 Å². The monoisotopic (exact) mass is 398 g/mol. The topological polar surface area (TPSA) is 85.4 Å². The summed E-state index contributed by atoms with van der Waals surface area (Å²) in [7, 11) is 0. The Balaban J connectivity index is 1.54. The molecule has 0 saturated carbocycles. The molecule has 1 amide bonds. The van der Waals surface area contributed by atoms with E-state index in [9.17, 15) is 13.6 Å². The third kappa shape index (κ3) is 4.23. The van der Waals surface area contributed by atoms with E-state index < -0.39 is 17.5 Å². The molecule has 1 aromatic heterocycles. The molecule has 3 aromatic rings. The zero-order chi connectivity index (χ0) is 20.4. The van der Waals surface area contributed by atoms with Crippen molar-refractivity contribution in [2.75, 3.05) is 23.8 Å². The summed E-state index contributed by atoms with van der Waals surface area (Å²) in [6.45, 7) is 2.51. The van der Waals surface area contributed by atoms with Crippen LogP contribution in [0.25, 0.3) is 0 Å². The van der Waals surface area contributed by atoms with Gasteiger partial charge in [0.2, 0.25) is 0 Å². The largest absolute Gasteiger partial charge is 0.486 e. The maximum atomic E-state index is 13.9. The number of anilines is 3. The number of hydrogen-bond donors (Lipinski definition) is 2. The molecule has 0 fully saturated rings. The molecule has 2 heterocycles. The number of fused-ring (bicyclic) bond motifs is 1. The number of halogens is 2. The third-order valence-electron chi connectivity index (χ3n) is 4.06. The molecule has 0 spiro atoms. The summed E-state index contributed by atoms with van der Waals surface area (Å²) in [4.78, 5) is 20.9. The molecular formula is C20H16F2N4O3. The van der Waals surface area contributed by atoms with Crippen molar-refractivity contribution in [3.05, 3.63) is 65.6 Å². The molecule has 0 atom stereocenters. The van der Waals surface area contributed by atoms with Crippen LogP contribution in [0, 0.1) is 18.6 Å². The fourth-order valence-electron chi connectivity index (χ4n) is 2.79. The van der Waals surface area contributed by atoms with Crippen LogP contribution in [-0.2, 0) is 0 Å². The summed E-state index contributed by atoms with van der Waals surface area (Å²) < 4.78 is 37.9. The SMILES string of the molecule is Cc1nc(Nc2ccc(F)cc2F)cc(C(=O)Nc2ccc3c(c2)OCCO3)n1. The van der Waals surface area contributed by atoms with E-state index in [2.05, 4.69) is 20.6 Å².